The Balaban J connectivity index is 1.69. The van der Waals surface area contributed by atoms with Gasteiger partial charge in [0.05, 0.1) is 23.3 Å². The van der Waals surface area contributed by atoms with Crippen molar-refractivity contribution >= 4 is 11.6 Å². The van der Waals surface area contributed by atoms with Gasteiger partial charge in [0.2, 0.25) is 0 Å². The van der Waals surface area contributed by atoms with Crippen molar-refractivity contribution in [3.05, 3.63) is 83.0 Å². The number of Topliss-reactive ketones (excluding diaryl/α,β-unsaturated/α-hetero) is 1. The number of hydrogen-bond donors (Lipinski definition) is 1. The molecular formula is C24H27N3O. The van der Waals surface area contributed by atoms with E-state index in [2.05, 4.69) is 67.6 Å². The van der Waals surface area contributed by atoms with Gasteiger partial charge in [-0.15, -0.1) is 0 Å². The lowest BCUT2D eigenvalue weighted by Crippen LogP contribution is -2.38. The maximum atomic E-state index is 13.3. The van der Waals surface area contributed by atoms with E-state index in [4.69, 9.17) is 0 Å². The lowest BCUT2D eigenvalue weighted by molar-refractivity contribution is 0.0966. The number of rotatable bonds is 4. The minimum absolute atomic E-state index is 0.0992. The molecule has 0 saturated carbocycles. The summed E-state index contributed by atoms with van der Waals surface area (Å²) in [6.07, 6.45) is 2.64. The predicted octanol–water partition coefficient (Wildman–Crippen LogP) is 5.47. The first-order valence-corrected chi connectivity index (χ1v) is 9.87. The summed E-state index contributed by atoms with van der Waals surface area (Å²) in [7, 11) is 0. The van der Waals surface area contributed by atoms with Crippen molar-refractivity contribution in [3.8, 4) is 0 Å². The third-order valence-electron chi connectivity index (χ3n) is 5.80. The monoisotopic (exact) mass is 373 g/mol. The Kier molecular flexibility index (Phi) is 4.58. The molecule has 1 N–H and O–H groups in total. The Morgan fingerprint density at radius 3 is 2.50 bits per heavy atom. The molecule has 3 aromatic rings. The van der Waals surface area contributed by atoms with Crippen LogP contribution < -0.4 is 5.32 Å². The van der Waals surface area contributed by atoms with Gasteiger partial charge >= 0.3 is 0 Å². The first kappa shape index (κ1) is 18.5. The molecule has 0 bridgehead atoms. The van der Waals surface area contributed by atoms with E-state index in [9.17, 15) is 4.79 Å². The molecule has 1 aliphatic heterocycles. The van der Waals surface area contributed by atoms with Crippen LogP contribution in [-0.4, -0.2) is 15.6 Å². The summed E-state index contributed by atoms with van der Waals surface area (Å²) < 4.78 is 1.97. The van der Waals surface area contributed by atoms with Crippen molar-refractivity contribution in [1.82, 2.24) is 9.78 Å². The molecule has 0 aliphatic carbocycles. The van der Waals surface area contributed by atoms with Crippen molar-refractivity contribution in [1.29, 1.82) is 0 Å². The summed E-state index contributed by atoms with van der Waals surface area (Å²) in [6.45, 7) is 8.38. The molecule has 0 amide bonds. The van der Waals surface area contributed by atoms with E-state index in [1.54, 1.807) is 6.20 Å². The van der Waals surface area contributed by atoms with E-state index < -0.39 is 0 Å². The fraction of sp³-hybridized carbons (Fsp3) is 0.333. The van der Waals surface area contributed by atoms with Gasteiger partial charge in [-0.2, -0.15) is 5.10 Å². The summed E-state index contributed by atoms with van der Waals surface area (Å²) in [5.74, 6) is 0.715. The van der Waals surface area contributed by atoms with Gasteiger partial charge in [-0.1, -0.05) is 67.1 Å². The summed E-state index contributed by atoms with van der Waals surface area (Å²) in [6, 6.07) is 18.8. The van der Waals surface area contributed by atoms with E-state index >= 15 is 0 Å². The molecule has 28 heavy (non-hydrogen) atoms. The van der Waals surface area contributed by atoms with Crippen LogP contribution in [0.4, 0.5) is 5.82 Å². The van der Waals surface area contributed by atoms with Gasteiger partial charge in [0.15, 0.2) is 5.78 Å². The van der Waals surface area contributed by atoms with Gasteiger partial charge in [0, 0.05) is 5.92 Å². The first-order chi connectivity index (χ1) is 13.4. The topological polar surface area (TPSA) is 46.9 Å². The van der Waals surface area contributed by atoms with Crippen LogP contribution >= 0.6 is 0 Å². The van der Waals surface area contributed by atoms with Gasteiger partial charge in [-0.25, -0.2) is 4.68 Å². The van der Waals surface area contributed by atoms with E-state index in [-0.39, 0.29) is 23.3 Å². The summed E-state index contributed by atoms with van der Waals surface area (Å²) in [5.41, 5.74) is 3.95. The molecule has 0 fully saturated rings. The van der Waals surface area contributed by atoms with Crippen LogP contribution in [0.15, 0.2) is 60.8 Å². The Morgan fingerprint density at radius 2 is 1.82 bits per heavy atom. The zero-order chi connectivity index (χ0) is 19.9. The molecule has 2 heterocycles. The second-order valence-corrected chi connectivity index (χ2v) is 8.44. The summed E-state index contributed by atoms with van der Waals surface area (Å²) in [5, 5.41) is 8.18. The maximum Gasteiger partial charge on any atom is 0.175 e. The molecule has 1 aliphatic rings. The average molecular weight is 374 g/mol. The number of carbonyl (C=O) groups excluding carboxylic acids is 1. The molecule has 144 valence electrons. The SMILES string of the molecule is Cc1ccc(C(C)C(=O)c2cnn3c2NC(c2ccccc2)CC3(C)C)cc1. The fourth-order valence-electron chi connectivity index (χ4n) is 4.05. The molecule has 4 heteroatoms. The lowest BCUT2D eigenvalue weighted by atomic mass is 9.88. The molecule has 0 radical (unpaired) electrons. The van der Waals surface area contributed by atoms with Crippen LogP contribution in [0.3, 0.4) is 0 Å². The second kappa shape index (κ2) is 6.93. The zero-order valence-corrected chi connectivity index (χ0v) is 16.9. The summed E-state index contributed by atoms with van der Waals surface area (Å²) in [4.78, 5) is 13.3. The third-order valence-corrected chi connectivity index (χ3v) is 5.80. The number of benzene rings is 2. The van der Waals surface area contributed by atoms with Crippen LogP contribution in [0.2, 0.25) is 0 Å². The van der Waals surface area contributed by atoms with Crippen molar-refractivity contribution in [2.45, 2.75) is 51.6 Å². The van der Waals surface area contributed by atoms with Crippen LogP contribution in [0.1, 0.15) is 66.2 Å². The van der Waals surface area contributed by atoms with Crippen molar-refractivity contribution < 1.29 is 4.79 Å². The van der Waals surface area contributed by atoms with Gasteiger partial charge in [0.25, 0.3) is 0 Å². The Morgan fingerprint density at radius 1 is 1.14 bits per heavy atom. The van der Waals surface area contributed by atoms with Crippen LogP contribution in [0.5, 0.6) is 0 Å². The average Bonchev–Trinajstić information content (AvgIpc) is 3.13. The number of anilines is 1. The molecule has 1 aromatic heterocycles. The molecular weight excluding hydrogens is 346 g/mol. The highest BCUT2D eigenvalue weighted by Gasteiger charge is 2.37. The van der Waals surface area contributed by atoms with Gasteiger partial charge in [-0.05, 0) is 38.3 Å². The number of aromatic nitrogens is 2. The number of aryl methyl sites for hydroxylation is 1. The highest BCUT2D eigenvalue weighted by atomic mass is 16.1. The zero-order valence-electron chi connectivity index (χ0n) is 16.9. The summed E-state index contributed by atoms with van der Waals surface area (Å²) >= 11 is 0. The molecule has 0 saturated heterocycles. The van der Waals surface area contributed by atoms with E-state index in [1.807, 2.05) is 29.8 Å². The smallest absolute Gasteiger partial charge is 0.175 e. The fourth-order valence-corrected chi connectivity index (χ4v) is 4.05. The largest absolute Gasteiger partial charge is 0.363 e. The maximum absolute atomic E-state index is 13.3. The lowest BCUT2D eigenvalue weighted by Gasteiger charge is -2.38. The molecule has 2 unspecified atom stereocenters. The van der Waals surface area contributed by atoms with E-state index in [0.717, 1.165) is 17.8 Å². The second-order valence-electron chi connectivity index (χ2n) is 8.44. The predicted molar refractivity (Wildman–Crippen MR) is 113 cm³/mol. The number of nitrogens with one attached hydrogen (secondary N) is 1. The van der Waals surface area contributed by atoms with Gasteiger partial charge < -0.3 is 5.32 Å². The Labute approximate surface area is 166 Å². The molecule has 2 atom stereocenters. The molecule has 0 spiro atoms. The number of fused-ring (bicyclic) bond motifs is 1. The third kappa shape index (κ3) is 3.24. The highest BCUT2D eigenvalue weighted by molar-refractivity contribution is 6.04. The molecule has 2 aromatic carbocycles. The van der Waals surface area contributed by atoms with Crippen molar-refractivity contribution in [2.24, 2.45) is 0 Å². The number of nitrogens with zero attached hydrogens (tertiary/aromatic N) is 2. The quantitative estimate of drug-likeness (QED) is 0.617. The van der Waals surface area contributed by atoms with E-state index in [0.29, 0.717) is 5.56 Å². The van der Waals surface area contributed by atoms with Gasteiger partial charge in [-0.3, -0.25) is 4.79 Å². The van der Waals surface area contributed by atoms with Crippen LogP contribution in [-0.2, 0) is 5.54 Å². The highest BCUT2D eigenvalue weighted by Crippen LogP contribution is 2.40. The minimum atomic E-state index is -0.212. The molecule has 4 rings (SSSR count). The minimum Gasteiger partial charge on any atom is -0.363 e. The van der Waals surface area contributed by atoms with Crippen molar-refractivity contribution in [3.63, 3.8) is 0 Å². The number of hydrogen-bond acceptors (Lipinski definition) is 3. The van der Waals surface area contributed by atoms with Gasteiger partial charge in [0.1, 0.15) is 5.82 Å². The number of ketones is 1. The molecule has 4 nitrogen and oxygen atoms in total. The van der Waals surface area contributed by atoms with Crippen LogP contribution in [0, 0.1) is 6.92 Å². The normalized spacial score (nSPS) is 18.8. The first-order valence-electron chi connectivity index (χ1n) is 9.87. The number of carbonyl (C=O) groups is 1. The van der Waals surface area contributed by atoms with E-state index in [1.165, 1.54) is 11.1 Å². The Hall–Kier alpha value is -2.88. The standard InChI is InChI=1S/C24H27N3O/c1-16-10-12-18(13-11-16)17(2)22(28)20-15-25-27-23(20)26-21(14-24(27,3)4)19-8-6-5-7-9-19/h5-13,15,17,21,26H,14H2,1-4H3. The van der Waals surface area contributed by atoms with Crippen molar-refractivity contribution in [2.75, 3.05) is 5.32 Å². The Bertz CT molecular complexity index is 986. The van der Waals surface area contributed by atoms with Crippen LogP contribution in [0.25, 0.3) is 0 Å².